The number of rotatable bonds is 3. The summed E-state index contributed by atoms with van der Waals surface area (Å²) >= 11 is 0. The number of urea groups is 1. The molecule has 0 aromatic heterocycles. The second kappa shape index (κ2) is 7.28. The minimum Gasteiger partial charge on any atom is -0.354 e. The average molecular weight is 298 g/mol. The molecule has 7 heteroatoms. The summed E-state index contributed by atoms with van der Waals surface area (Å²) in [4.78, 5) is 36.8. The second-order valence-corrected chi connectivity index (χ2v) is 6.44. The van der Waals surface area contributed by atoms with Gasteiger partial charge >= 0.3 is 6.03 Å². The highest BCUT2D eigenvalue weighted by Gasteiger charge is 2.24. The number of likely N-dealkylation sites (N-methyl/N-ethyl adjacent to an activating group) is 1. The second-order valence-electron chi connectivity index (χ2n) is 6.44. The molecule has 1 aliphatic rings. The Morgan fingerprint density at radius 2 is 2.00 bits per heavy atom. The summed E-state index contributed by atoms with van der Waals surface area (Å²) in [5, 5.41) is 8.22. The Morgan fingerprint density at radius 3 is 2.62 bits per heavy atom. The number of hydrogen-bond donors (Lipinski definition) is 3. The molecule has 21 heavy (non-hydrogen) atoms. The number of carbonyl (C=O) groups is 3. The summed E-state index contributed by atoms with van der Waals surface area (Å²) in [6.07, 6.45) is 2.43. The van der Waals surface area contributed by atoms with Crippen LogP contribution in [0, 0.1) is 0 Å². The first-order valence-corrected chi connectivity index (χ1v) is 7.29. The molecule has 120 valence electrons. The molecule has 0 radical (unpaired) electrons. The molecule has 0 aromatic carbocycles. The van der Waals surface area contributed by atoms with Crippen molar-refractivity contribution in [2.45, 2.75) is 51.6 Å². The first-order chi connectivity index (χ1) is 9.69. The van der Waals surface area contributed by atoms with Crippen molar-refractivity contribution in [2.24, 2.45) is 0 Å². The van der Waals surface area contributed by atoms with Gasteiger partial charge in [-0.1, -0.05) is 0 Å². The quantitative estimate of drug-likeness (QED) is 0.696. The largest absolute Gasteiger partial charge is 0.354 e. The number of hydrogen-bond acceptors (Lipinski definition) is 3. The van der Waals surface area contributed by atoms with Crippen LogP contribution in [-0.4, -0.2) is 54.5 Å². The van der Waals surface area contributed by atoms with Gasteiger partial charge in [-0.25, -0.2) is 4.79 Å². The molecule has 1 saturated heterocycles. The molecule has 1 rings (SSSR count). The Bertz CT molecular complexity index is 404. The van der Waals surface area contributed by atoms with Crippen LogP contribution in [-0.2, 0) is 9.59 Å². The Hall–Kier alpha value is -1.79. The maximum absolute atomic E-state index is 12.0. The van der Waals surface area contributed by atoms with E-state index in [1.807, 2.05) is 20.8 Å². The Kier molecular flexibility index (Phi) is 5.99. The highest BCUT2D eigenvalue weighted by Crippen LogP contribution is 2.06. The zero-order chi connectivity index (χ0) is 16.0. The van der Waals surface area contributed by atoms with E-state index in [1.165, 1.54) is 11.9 Å². The molecule has 0 spiro atoms. The van der Waals surface area contributed by atoms with E-state index in [4.69, 9.17) is 0 Å². The van der Waals surface area contributed by atoms with E-state index in [0.29, 0.717) is 13.0 Å². The highest BCUT2D eigenvalue weighted by atomic mass is 16.2. The molecule has 3 N–H and O–H groups in total. The third-order valence-electron chi connectivity index (χ3n) is 3.07. The molecule has 1 unspecified atom stereocenters. The molecule has 1 fully saturated rings. The molecule has 1 aliphatic heterocycles. The van der Waals surface area contributed by atoms with Crippen molar-refractivity contribution in [1.29, 1.82) is 0 Å². The van der Waals surface area contributed by atoms with Crippen LogP contribution < -0.4 is 16.0 Å². The summed E-state index contributed by atoms with van der Waals surface area (Å²) in [5.74, 6) is -0.390. The van der Waals surface area contributed by atoms with E-state index in [0.717, 1.165) is 12.8 Å². The predicted octanol–water partition coefficient (Wildman–Crippen LogP) is 0.211. The maximum Gasteiger partial charge on any atom is 0.318 e. The lowest BCUT2D eigenvalue weighted by Gasteiger charge is -2.25. The van der Waals surface area contributed by atoms with E-state index >= 15 is 0 Å². The first-order valence-electron chi connectivity index (χ1n) is 7.29. The van der Waals surface area contributed by atoms with Crippen LogP contribution in [0.15, 0.2) is 0 Å². The third-order valence-corrected chi connectivity index (χ3v) is 3.07. The van der Waals surface area contributed by atoms with Gasteiger partial charge in [0.15, 0.2) is 0 Å². The van der Waals surface area contributed by atoms with E-state index < -0.39 is 12.1 Å². The van der Waals surface area contributed by atoms with Gasteiger partial charge in [0.1, 0.15) is 12.6 Å². The maximum atomic E-state index is 12.0. The van der Waals surface area contributed by atoms with E-state index in [-0.39, 0.29) is 23.9 Å². The lowest BCUT2D eigenvalue weighted by molar-refractivity contribution is -0.123. The van der Waals surface area contributed by atoms with Crippen LogP contribution in [0.25, 0.3) is 0 Å². The standard InChI is InChI=1S/C14H26N4O3/c1-14(2,3)17-11(19)9-18(4)13(21)16-10-7-5-6-8-15-12(10)20/h10H,5-9H2,1-4H3,(H,15,20)(H,16,21)(H,17,19). The van der Waals surface area contributed by atoms with Crippen LogP contribution in [0.2, 0.25) is 0 Å². The first kappa shape index (κ1) is 17.3. The van der Waals surface area contributed by atoms with Crippen molar-refractivity contribution in [3.8, 4) is 0 Å². The van der Waals surface area contributed by atoms with Gasteiger partial charge in [-0.3, -0.25) is 9.59 Å². The fourth-order valence-electron chi connectivity index (χ4n) is 2.08. The number of amides is 4. The van der Waals surface area contributed by atoms with Gasteiger partial charge in [-0.15, -0.1) is 0 Å². The highest BCUT2D eigenvalue weighted by molar-refractivity contribution is 5.89. The number of carbonyl (C=O) groups excluding carboxylic acids is 3. The molecule has 0 aliphatic carbocycles. The topological polar surface area (TPSA) is 90.5 Å². The molecule has 4 amide bonds. The van der Waals surface area contributed by atoms with Gasteiger partial charge in [-0.05, 0) is 40.0 Å². The molecular weight excluding hydrogens is 272 g/mol. The Labute approximate surface area is 125 Å². The zero-order valence-corrected chi connectivity index (χ0v) is 13.3. The lowest BCUT2D eigenvalue weighted by Crippen LogP contribution is -2.52. The average Bonchev–Trinajstić information content (AvgIpc) is 2.52. The minimum absolute atomic E-state index is 0.0442. The Morgan fingerprint density at radius 1 is 1.33 bits per heavy atom. The van der Waals surface area contributed by atoms with Gasteiger partial charge in [-0.2, -0.15) is 0 Å². The molecular formula is C14H26N4O3. The third kappa shape index (κ3) is 6.46. The van der Waals surface area contributed by atoms with Crippen molar-refractivity contribution in [3.05, 3.63) is 0 Å². The minimum atomic E-state index is -0.520. The summed E-state index contributed by atoms with van der Waals surface area (Å²) in [6, 6.07) is -0.936. The monoisotopic (exact) mass is 298 g/mol. The molecule has 0 saturated carbocycles. The summed E-state index contributed by atoms with van der Waals surface area (Å²) in [7, 11) is 1.53. The smallest absolute Gasteiger partial charge is 0.318 e. The van der Waals surface area contributed by atoms with Crippen molar-refractivity contribution in [3.63, 3.8) is 0 Å². The number of nitrogens with zero attached hydrogens (tertiary/aromatic N) is 1. The normalized spacial score (nSPS) is 19.2. The molecule has 1 atom stereocenters. The predicted molar refractivity (Wildman–Crippen MR) is 79.7 cm³/mol. The van der Waals surface area contributed by atoms with Crippen LogP contribution in [0.1, 0.15) is 40.0 Å². The number of nitrogens with one attached hydrogen (secondary N) is 3. The van der Waals surface area contributed by atoms with Crippen LogP contribution in [0.4, 0.5) is 4.79 Å². The Balaban J connectivity index is 2.46. The van der Waals surface area contributed by atoms with Gasteiger partial charge in [0.2, 0.25) is 11.8 Å². The van der Waals surface area contributed by atoms with Gasteiger partial charge in [0.05, 0.1) is 0 Å². The molecule has 7 nitrogen and oxygen atoms in total. The zero-order valence-electron chi connectivity index (χ0n) is 13.3. The van der Waals surface area contributed by atoms with Gasteiger partial charge in [0.25, 0.3) is 0 Å². The van der Waals surface area contributed by atoms with Crippen molar-refractivity contribution in [1.82, 2.24) is 20.9 Å². The van der Waals surface area contributed by atoms with Crippen molar-refractivity contribution in [2.75, 3.05) is 20.1 Å². The summed E-state index contributed by atoms with van der Waals surface area (Å²) in [6.45, 7) is 6.23. The van der Waals surface area contributed by atoms with E-state index in [9.17, 15) is 14.4 Å². The molecule has 0 aromatic rings. The van der Waals surface area contributed by atoms with Crippen molar-refractivity contribution < 1.29 is 14.4 Å². The lowest BCUT2D eigenvalue weighted by atomic mass is 10.1. The van der Waals surface area contributed by atoms with Gasteiger partial charge < -0.3 is 20.9 Å². The molecule has 1 heterocycles. The van der Waals surface area contributed by atoms with Gasteiger partial charge in [0, 0.05) is 19.1 Å². The fraction of sp³-hybridized carbons (Fsp3) is 0.786. The van der Waals surface area contributed by atoms with E-state index in [1.54, 1.807) is 0 Å². The van der Waals surface area contributed by atoms with Crippen molar-refractivity contribution >= 4 is 17.8 Å². The van der Waals surface area contributed by atoms with Crippen LogP contribution in [0.3, 0.4) is 0 Å². The summed E-state index contributed by atoms with van der Waals surface area (Å²) < 4.78 is 0. The van der Waals surface area contributed by atoms with E-state index in [2.05, 4.69) is 16.0 Å². The van der Waals surface area contributed by atoms with Crippen LogP contribution in [0.5, 0.6) is 0 Å². The summed E-state index contributed by atoms with van der Waals surface area (Å²) in [5.41, 5.74) is -0.338. The molecule has 0 bridgehead atoms. The SMILES string of the molecule is CN(CC(=O)NC(C)(C)C)C(=O)NC1CCCCNC1=O. The fourth-order valence-corrected chi connectivity index (χ4v) is 2.08. The van der Waals surface area contributed by atoms with Crippen LogP contribution >= 0.6 is 0 Å².